The highest BCUT2D eigenvalue weighted by molar-refractivity contribution is 6.04. The van der Waals surface area contributed by atoms with Crippen LogP contribution in [0.3, 0.4) is 0 Å². The Morgan fingerprint density at radius 1 is 1.04 bits per heavy atom. The molecule has 7 heteroatoms. The summed E-state index contributed by atoms with van der Waals surface area (Å²) in [5.74, 6) is -0.470. The van der Waals surface area contributed by atoms with E-state index in [4.69, 9.17) is 0 Å². The average Bonchev–Trinajstić information content (AvgIpc) is 2.67. The molecule has 144 valence electrons. The molecule has 1 amide bonds. The summed E-state index contributed by atoms with van der Waals surface area (Å²) in [6, 6.07) is 13.4. The molecular formula is C21H18F3N3O. The van der Waals surface area contributed by atoms with Gasteiger partial charge in [-0.3, -0.25) is 9.78 Å². The molecular weight excluding hydrogens is 367 g/mol. The summed E-state index contributed by atoms with van der Waals surface area (Å²) in [6.07, 6.45) is -1.09. The van der Waals surface area contributed by atoms with Crippen LogP contribution >= 0.6 is 0 Å². The third kappa shape index (κ3) is 4.88. The summed E-state index contributed by atoms with van der Waals surface area (Å²) in [4.78, 5) is 16.5. The Kier molecular flexibility index (Phi) is 5.63. The molecule has 0 atom stereocenters. The van der Waals surface area contributed by atoms with Crippen molar-refractivity contribution in [2.75, 3.05) is 10.6 Å². The van der Waals surface area contributed by atoms with Gasteiger partial charge < -0.3 is 10.6 Å². The smallest absolute Gasteiger partial charge is 0.380 e. The van der Waals surface area contributed by atoms with E-state index in [9.17, 15) is 18.0 Å². The zero-order chi connectivity index (χ0) is 20.1. The lowest BCUT2D eigenvalue weighted by Gasteiger charge is -2.12. The first-order valence-electron chi connectivity index (χ1n) is 8.55. The highest BCUT2D eigenvalue weighted by Gasteiger charge is 2.30. The predicted molar refractivity (Wildman–Crippen MR) is 102 cm³/mol. The maximum Gasteiger partial charge on any atom is 0.416 e. The molecule has 0 aliphatic heterocycles. The minimum Gasteiger partial charge on any atom is -0.380 e. The van der Waals surface area contributed by atoms with Crippen molar-refractivity contribution in [1.82, 2.24) is 4.98 Å². The third-order valence-corrected chi connectivity index (χ3v) is 4.20. The van der Waals surface area contributed by atoms with Crippen LogP contribution in [0.15, 0.2) is 67.0 Å². The number of aryl methyl sites for hydroxylation is 1. The Morgan fingerprint density at radius 3 is 2.54 bits per heavy atom. The molecule has 0 unspecified atom stereocenters. The minimum atomic E-state index is -4.46. The molecule has 4 nitrogen and oxygen atoms in total. The van der Waals surface area contributed by atoms with Gasteiger partial charge in [0.1, 0.15) is 0 Å². The Bertz CT molecular complexity index is 972. The second-order valence-electron chi connectivity index (χ2n) is 6.27. The number of anilines is 2. The number of rotatable bonds is 5. The highest BCUT2D eigenvalue weighted by atomic mass is 19.4. The molecule has 1 heterocycles. The Labute approximate surface area is 160 Å². The fourth-order valence-corrected chi connectivity index (χ4v) is 2.64. The van der Waals surface area contributed by atoms with Crippen molar-refractivity contribution >= 4 is 17.3 Å². The highest BCUT2D eigenvalue weighted by Crippen LogP contribution is 2.30. The number of halogens is 3. The molecule has 2 N–H and O–H groups in total. The zero-order valence-electron chi connectivity index (χ0n) is 15.0. The van der Waals surface area contributed by atoms with Crippen molar-refractivity contribution in [3.8, 4) is 0 Å². The lowest BCUT2D eigenvalue weighted by Crippen LogP contribution is -2.14. The van der Waals surface area contributed by atoms with Crippen LogP contribution in [0, 0.1) is 6.92 Å². The number of carbonyl (C=O) groups excluding carboxylic acids is 1. The Hall–Kier alpha value is -3.35. The normalized spacial score (nSPS) is 11.1. The van der Waals surface area contributed by atoms with Gasteiger partial charge in [-0.1, -0.05) is 12.1 Å². The molecule has 1 aromatic heterocycles. The van der Waals surface area contributed by atoms with Crippen LogP contribution in [0.4, 0.5) is 24.5 Å². The molecule has 0 spiro atoms. The summed E-state index contributed by atoms with van der Waals surface area (Å²) in [5.41, 5.74) is 2.39. The van der Waals surface area contributed by atoms with Gasteiger partial charge in [-0.2, -0.15) is 13.2 Å². The van der Waals surface area contributed by atoms with Crippen molar-refractivity contribution in [2.24, 2.45) is 0 Å². The van der Waals surface area contributed by atoms with Crippen molar-refractivity contribution in [3.63, 3.8) is 0 Å². The molecule has 2 aromatic carbocycles. The van der Waals surface area contributed by atoms with Crippen molar-refractivity contribution in [3.05, 3.63) is 89.2 Å². The van der Waals surface area contributed by atoms with Gasteiger partial charge in [-0.15, -0.1) is 0 Å². The first-order valence-corrected chi connectivity index (χ1v) is 8.55. The van der Waals surface area contributed by atoms with Gasteiger partial charge in [-0.05, 0) is 60.5 Å². The van der Waals surface area contributed by atoms with Crippen LogP contribution in [-0.4, -0.2) is 10.9 Å². The number of nitrogens with zero attached hydrogens (tertiary/aromatic N) is 1. The van der Waals surface area contributed by atoms with Crippen LogP contribution in [0.5, 0.6) is 0 Å². The number of amides is 1. The summed E-state index contributed by atoms with van der Waals surface area (Å²) in [5, 5.41) is 5.74. The van der Waals surface area contributed by atoms with Crippen molar-refractivity contribution in [2.45, 2.75) is 19.6 Å². The van der Waals surface area contributed by atoms with E-state index >= 15 is 0 Å². The van der Waals surface area contributed by atoms with Crippen LogP contribution in [0.2, 0.25) is 0 Å². The van der Waals surface area contributed by atoms with Crippen LogP contribution in [0.25, 0.3) is 0 Å². The first-order chi connectivity index (χ1) is 13.3. The quantitative estimate of drug-likeness (QED) is 0.629. The van der Waals surface area contributed by atoms with E-state index in [1.54, 1.807) is 30.6 Å². The topological polar surface area (TPSA) is 54.0 Å². The van der Waals surface area contributed by atoms with Crippen molar-refractivity contribution < 1.29 is 18.0 Å². The number of alkyl halides is 3. The molecule has 3 aromatic rings. The van der Waals surface area contributed by atoms with E-state index in [0.717, 1.165) is 28.9 Å². The number of aromatic nitrogens is 1. The third-order valence-electron chi connectivity index (χ3n) is 4.20. The van der Waals surface area contributed by atoms with Crippen LogP contribution < -0.4 is 10.6 Å². The van der Waals surface area contributed by atoms with Gasteiger partial charge in [0.25, 0.3) is 5.91 Å². The van der Waals surface area contributed by atoms with Crippen LogP contribution in [0.1, 0.15) is 27.0 Å². The predicted octanol–water partition coefficient (Wildman–Crippen LogP) is 5.27. The molecule has 0 bridgehead atoms. The second kappa shape index (κ2) is 8.12. The lowest BCUT2D eigenvalue weighted by atomic mass is 10.0. The molecule has 3 rings (SSSR count). The van der Waals surface area contributed by atoms with E-state index in [0.29, 0.717) is 12.1 Å². The molecule has 0 saturated carbocycles. The van der Waals surface area contributed by atoms with E-state index in [2.05, 4.69) is 15.6 Å². The lowest BCUT2D eigenvalue weighted by molar-refractivity contribution is -0.137. The molecule has 0 fully saturated rings. The number of hydrogen-bond acceptors (Lipinski definition) is 3. The Morgan fingerprint density at radius 2 is 1.82 bits per heavy atom. The van der Waals surface area contributed by atoms with Gasteiger partial charge in [0.15, 0.2) is 0 Å². The SMILES string of the molecule is Cc1ccc(C(=O)Nc2cccc(C(F)(F)F)c2)cc1CNc1cccnc1. The van der Waals surface area contributed by atoms with Gasteiger partial charge >= 0.3 is 6.18 Å². The van der Waals surface area contributed by atoms with Gasteiger partial charge in [0, 0.05) is 30.2 Å². The molecule has 0 radical (unpaired) electrons. The fraction of sp³-hybridized carbons (Fsp3) is 0.143. The average molecular weight is 385 g/mol. The standard InChI is InChI=1S/C21H18F3N3O/c1-14-7-8-15(10-16(14)12-26-19-6-3-9-25-13-19)20(28)27-18-5-2-4-17(11-18)21(22,23)24/h2-11,13,26H,12H2,1H3,(H,27,28). The van der Waals surface area contributed by atoms with E-state index in [1.807, 2.05) is 19.1 Å². The number of benzene rings is 2. The number of hydrogen-bond donors (Lipinski definition) is 2. The molecule has 0 saturated heterocycles. The van der Waals surface area contributed by atoms with E-state index < -0.39 is 17.6 Å². The maximum absolute atomic E-state index is 12.8. The van der Waals surface area contributed by atoms with Gasteiger partial charge in [-0.25, -0.2) is 0 Å². The minimum absolute atomic E-state index is 0.0930. The first kappa shape index (κ1) is 19.4. The van der Waals surface area contributed by atoms with Crippen molar-refractivity contribution in [1.29, 1.82) is 0 Å². The summed E-state index contributed by atoms with van der Waals surface area (Å²) in [6.45, 7) is 2.41. The molecule has 0 aliphatic rings. The number of nitrogens with one attached hydrogen (secondary N) is 2. The van der Waals surface area contributed by atoms with Gasteiger partial charge in [0.2, 0.25) is 0 Å². The van der Waals surface area contributed by atoms with E-state index in [1.165, 1.54) is 12.1 Å². The monoisotopic (exact) mass is 385 g/mol. The zero-order valence-corrected chi connectivity index (χ0v) is 15.0. The Balaban J connectivity index is 1.74. The summed E-state index contributed by atoms with van der Waals surface area (Å²) < 4.78 is 38.5. The maximum atomic E-state index is 12.8. The van der Waals surface area contributed by atoms with E-state index in [-0.39, 0.29) is 5.69 Å². The number of carbonyl (C=O) groups is 1. The molecule has 28 heavy (non-hydrogen) atoms. The summed E-state index contributed by atoms with van der Waals surface area (Å²) in [7, 11) is 0. The number of pyridine rings is 1. The fourth-order valence-electron chi connectivity index (χ4n) is 2.64. The second-order valence-corrected chi connectivity index (χ2v) is 6.27. The largest absolute Gasteiger partial charge is 0.416 e. The summed E-state index contributed by atoms with van der Waals surface area (Å²) >= 11 is 0. The van der Waals surface area contributed by atoms with Gasteiger partial charge in [0.05, 0.1) is 11.3 Å². The van der Waals surface area contributed by atoms with Crippen LogP contribution in [-0.2, 0) is 12.7 Å². The molecule has 0 aliphatic carbocycles.